The molecule has 0 radical (unpaired) electrons. The van der Waals surface area contributed by atoms with Crippen molar-refractivity contribution in [1.82, 2.24) is 4.31 Å². The number of benzene rings is 3. The van der Waals surface area contributed by atoms with E-state index in [1.807, 2.05) is 0 Å². The number of amides is 1. The summed E-state index contributed by atoms with van der Waals surface area (Å²) in [6.45, 7) is -0.742. The fourth-order valence-electron chi connectivity index (χ4n) is 3.30. The molecule has 9 nitrogen and oxygen atoms in total. The Bertz CT molecular complexity index is 1330. The van der Waals surface area contributed by atoms with E-state index in [1.54, 1.807) is 30.3 Å². The zero-order valence-corrected chi connectivity index (χ0v) is 20.3. The van der Waals surface area contributed by atoms with Gasteiger partial charge in [0.15, 0.2) is 0 Å². The van der Waals surface area contributed by atoms with E-state index in [2.05, 4.69) is 14.8 Å². The molecule has 0 unspecified atom stereocenters. The number of anilines is 1. The first-order chi connectivity index (χ1) is 17.1. The van der Waals surface area contributed by atoms with Crippen LogP contribution in [0.1, 0.15) is 26.3 Å². The van der Waals surface area contributed by atoms with Gasteiger partial charge in [0.2, 0.25) is 15.9 Å². The standard InChI is InChI=1S/C25H23FN2O7S/c1-34-24(30)18-12-19(25(31)35-2)14-21(13-18)27-23(29)16-28(15-17-6-4-3-5-7-17)36(32,33)22-10-8-20(26)9-11-22/h3-14H,15-16H2,1-2H3,(H,27,29). The van der Waals surface area contributed by atoms with Crippen molar-refractivity contribution in [2.75, 3.05) is 26.1 Å². The predicted molar refractivity (Wildman–Crippen MR) is 128 cm³/mol. The Kier molecular flexibility index (Phi) is 8.51. The third kappa shape index (κ3) is 6.52. The molecule has 11 heteroatoms. The van der Waals surface area contributed by atoms with Gasteiger partial charge in [-0.25, -0.2) is 22.4 Å². The average molecular weight is 515 g/mol. The zero-order chi connectivity index (χ0) is 26.3. The van der Waals surface area contributed by atoms with Crippen LogP contribution in [-0.4, -0.2) is 51.3 Å². The number of methoxy groups -OCH3 is 2. The smallest absolute Gasteiger partial charge is 0.337 e. The molecule has 0 fully saturated rings. The van der Waals surface area contributed by atoms with Crippen LogP contribution in [0.15, 0.2) is 77.7 Å². The fourth-order valence-corrected chi connectivity index (χ4v) is 4.68. The largest absolute Gasteiger partial charge is 0.465 e. The Labute approximate surface area is 207 Å². The molecular weight excluding hydrogens is 491 g/mol. The molecule has 0 bridgehead atoms. The van der Waals surface area contributed by atoms with Gasteiger partial charge in [-0.15, -0.1) is 0 Å². The lowest BCUT2D eigenvalue weighted by Crippen LogP contribution is -2.37. The number of sulfonamides is 1. The van der Waals surface area contributed by atoms with Crippen LogP contribution in [0.5, 0.6) is 0 Å². The molecule has 3 aromatic rings. The maximum atomic E-state index is 13.4. The first kappa shape index (κ1) is 26.5. The minimum absolute atomic E-state index is 0.0178. The average Bonchev–Trinajstić information content (AvgIpc) is 2.87. The Morgan fingerprint density at radius 3 is 1.94 bits per heavy atom. The molecule has 0 atom stereocenters. The third-order valence-electron chi connectivity index (χ3n) is 5.03. The number of nitrogens with zero attached hydrogens (tertiary/aromatic N) is 1. The molecule has 0 heterocycles. The number of rotatable bonds is 9. The van der Waals surface area contributed by atoms with Crippen molar-refractivity contribution in [3.8, 4) is 0 Å². The first-order valence-electron chi connectivity index (χ1n) is 10.5. The van der Waals surface area contributed by atoms with E-state index in [4.69, 9.17) is 0 Å². The molecule has 0 saturated heterocycles. The molecule has 1 amide bonds. The highest BCUT2D eigenvalue weighted by Crippen LogP contribution is 2.21. The number of hydrogen-bond acceptors (Lipinski definition) is 7. The van der Waals surface area contributed by atoms with E-state index in [-0.39, 0.29) is 28.3 Å². The number of nitrogens with one attached hydrogen (secondary N) is 1. The van der Waals surface area contributed by atoms with Crippen LogP contribution in [0.3, 0.4) is 0 Å². The number of esters is 2. The zero-order valence-electron chi connectivity index (χ0n) is 19.4. The Morgan fingerprint density at radius 2 is 1.42 bits per heavy atom. The minimum atomic E-state index is -4.20. The van der Waals surface area contributed by atoms with E-state index >= 15 is 0 Å². The van der Waals surface area contributed by atoms with Crippen LogP contribution >= 0.6 is 0 Å². The Hall–Kier alpha value is -4.09. The van der Waals surface area contributed by atoms with Crippen molar-refractivity contribution < 1.29 is 36.7 Å². The van der Waals surface area contributed by atoms with Gasteiger partial charge in [0.25, 0.3) is 0 Å². The molecular formula is C25H23FN2O7S. The number of halogens is 1. The summed E-state index contributed by atoms with van der Waals surface area (Å²) in [5.74, 6) is -2.84. The predicted octanol–water partition coefficient (Wildman–Crippen LogP) is 3.23. The summed E-state index contributed by atoms with van der Waals surface area (Å²) in [4.78, 5) is 36.8. The van der Waals surface area contributed by atoms with Crippen molar-refractivity contribution in [3.63, 3.8) is 0 Å². The summed E-state index contributed by atoms with van der Waals surface area (Å²) < 4.78 is 50.3. The van der Waals surface area contributed by atoms with E-state index in [9.17, 15) is 27.2 Å². The summed E-state index contributed by atoms with van der Waals surface area (Å²) in [6, 6.07) is 16.7. The second-order valence-corrected chi connectivity index (χ2v) is 9.48. The number of ether oxygens (including phenoxy) is 2. The van der Waals surface area contributed by atoms with Gasteiger partial charge >= 0.3 is 11.9 Å². The van der Waals surface area contributed by atoms with Crippen molar-refractivity contribution >= 4 is 33.6 Å². The van der Waals surface area contributed by atoms with Crippen molar-refractivity contribution in [1.29, 1.82) is 0 Å². The van der Waals surface area contributed by atoms with Gasteiger partial charge in [-0.2, -0.15) is 4.31 Å². The molecule has 188 valence electrons. The molecule has 0 saturated carbocycles. The minimum Gasteiger partial charge on any atom is -0.465 e. The quantitative estimate of drug-likeness (QED) is 0.436. The van der Waals surface area contributed by atoms with Gasteiger partial charge in [0, 0.05) is 12.2 Å². The lowest BCUT2D eigenvalue weighted by Gasteiger charge is -2.22. The second-order valence-electron chi connectivity index (χ2n) is 7.54. The molecule has 1 N–H and O–H groups in total. The van der Waals surface area contributed by atoms with Crippen LogP contribution < -0.4 is 5.32 Å². The molecule has 3 rings (SSSR count). The maximum Gasteiger partial charge on any atom is 0.337 e. The monoisotopic (exact) mass is 514 g/mol. The van der Waals surface area contributed by atoms with E-state index in [0.717, 1.165) is 42.8 Å². The molecule has 0 aromatic heterocycles. The van der Waals surface area contributed by atoms with Crippen LogP contribution in [0, 0.1) is 5.82 Å². The van der Waals surface area contributed by atoms with Crippen LogP contribution in [0.4, 0.5) is 10.1 Å². The first-order valence-corrected chi connectivity index (χ1v) is 12.0. The topological polar surface area (TPSA) is 119 Å². The van der Waals surface area contributed by atoms with Gasteiger partial charge in [-0.05, 0) is 48.0 Å². The van der Waals surface area contributed by atoms with Gasteiger partial charge < -0.3 is 14.8 Å². The number of carbonyl (C=O) groups excluding carboxylic acids is 3. The molecule has 36 heavy (non-hydrogen) atoms. The highest BCUT2D eigenvalue weighted by molar-refractivity contribution is 7.89. The van der Waals surface area contributed by atoms with Crippen LogP contribution in [0.2, 0.25) is 0 Å². The van der Waals surface area contributed by atoms with Crippen molar-refractivity contribution in [2.45, 2.75) is 11.4 Å². The Morgan fingerprint density at radius 1 is 0.861 bits per heavy atom. The van der Waals surface area contributed by atoms with Gasteiger partial charge in [0.05, 0.1) is 36.8 Å². The highest BCUT2D eigenvalue weighted by Gasteiger charge is 2.27. The van der Waals surface area contributed by atoms with Gasteiger partial charge in [-0.1, -0.05) is 30.3 Å². The van der Waals surface area contributed by atoms with Crippen molar-refractivity contribution in [2.24, 2.45) is 0 Å². The highest BCUT2D eigenvalue weighted by atomic mass is 32.2. The lowest BCUT2D eigenvalue weighted by atomic mass is 10.1. The SMILES string of the molecule is COC(=O)c1cc(NC(=O)CN(Cc2ccccc2)S(=O)(=O)c2ccc(F)cc2)cc(C(=O)OC)c1. The van der Waals surface area contributed by atoms with Crippen molar-refractivity contribution in [3.05, 3.63) is 95.3 Å². The summed E-state index contributed by atoms with van der Waals surface area (Å²) in [6.07, 6.45) is 0. The normalized spacial score (nSPS) is 11.1. The maximum absolute atomic E-state index is 13.4. The Balaban J connectivity index is 1.91. The van der Waals surface area contributed by atoms with E-state index in [0.29, 0.717) is 5.56 Å². The van der Waals surface area contributed by atoms with Gasteiger partial charge in [-0.3, -0.25) is 4.79 Å². The third-order valence-corrected chi connectivity index (χ3v) is 6.84. The molecule has 0 aliphatic heterocycles. The van der Waals surface area contributed by atoms with Gasteiger partial charge in [0.1, 0.15) is 5.82 Å². The fraction of sp³-hybridized carbons (Fsp3) is 0.160. The summed E-state index contributed by atoms with van der Waals surface area (Å²) in [7, 11) is -1.88. The van der Waals surface area contributed by atoms with E-state index in [1.165, 1.54) is 18.2 Å². The lowest BCUT2D eigenvalue weighted by molar-refractivity contribution is -0.116. The number of hydrogen-bond donors (Lipinski definition) is 1. The summed E-state index contributed by atoms with van der Waals surface area (Å²) in [5.41, 5.74) is 0.644. The summed E-state index contributed by atoms with van der Waals surface area (Å²) >= 11 is 0. The van der Waals surface area contributed by atoms with Crippen LogP contribution in [0.25, 0.3) is 0 Å². The molecule has 0 aliphatic rings. The molecule has 0 spiro atoms. The molecule has 3 aromatic carbocycles. The number of carbonyl (C=O) groups is 3. The summed E-state index contributed by atoms with van der Waals surface area (Å²) in [5, 5.41) is 2.51. The van der Waals surface area contributed by atoms with Crippen LogP contribution in [-0.2, 0) is 30.8 Å². The van der Waals surface area contributed by atoms with E-state index < -0.39 is 40.2 Å². The molecule has 0 aliphatic carbocycles. The second kappa shape index (κ2) is 11.6.